The molecule has 7 heteroatoms. The summed E-state index contributed by atoms with van der Waals surface area (Å²) in [4.78, 5) is 14.9. The van der Waals surface area contributed by atoms with Gasteiger partial charge in [-0.25, -0.2) is 0 Å². The van der Waals surface area contributed by atoms with E-state index in [0.29, 0.717) is 10.6 Å². The molecule has 1 atom stereocenters. The summed E-state index contributed by atoms with van der Waals surface area (Å²) in [6.07, 6.45) is 5.88. The van der Waals surface area contributed by atoms with Crippen LogP contribution in [0.1, 0.15) is 39.0 Å². The lowest BCUT2D eigenvalue weighted by Gasteiger charge is -2.21. The van der Waals surface area contributed by atoms with Crippen LogP contribution in [0.3, 0.4) is 0 Å². The van der Waals surface area contributed by atoms with Crippen molar-refractivity contribution in [1.82, 2.24) is 19.7 Å². The number of nitrogens with zero attached hydrogens (tertiary/aromatic N) is 3. The van der Waals surface area contributed by atoms with E-state index in [1.807, 2.05) is 29.2 Å². The lowest BCUT2D eigenvalue weighted by atomic mass is 9.96. The van der Waals surface area contributed by atoms with Gasteiger partial charge in [-0.1, -0.05) is 19.8 Å². The zero-order chi connectivity index (χ0) is 19.2. The minimum absolute atomic E-state index is 0.111. The van der Waals surface area contributed by atoms with Crippen molar-refractivity contribution in [3.05, 3.63) is 29.0 Å². The maximum absolute atomic E-state index is 12.9. The SMILES string of the molecule is CCCC1CCCN(C(=O)Cn2c(-c3ccc(OC)cc3)n[nH]c2=S)CC1. The molecule has 1 N–H and O–H groups in total. The first kappa shape index (κ1) is 19.6. The van der Waals surface area contributed by atoms with E-state index in [1.165, 1.54) is 19.3 Å². The topological polar surface area (TPSA) is 63.1 Å². The largest absolute Gasteiger partial charge is 0.497 e. The number of hydrogen-bond donors (Lipinski definition) is 1. The van der Waals surface area contributed by atoms with Crippen LogP contribution in [0.5, 0.6) is 5.75 Å². The zero-order valence-corrected chi connectivity index (χ0v) is 16.9. The molecule has 1 aliphatic rings. The molecule has 0 aliphatic carbocycles. The summed E-state index contributed by atoms with van der Waals surface area (Å²) in [5, 5.41) is 7.15. The molecule has 0 bridgehead atoms. The molecule has 1 aliphatic heterocycles. The van der Waals surface area contributed by atoms with Crippen molar-refractivity contribution in [2.24, 2.45) is 5.92 Å². The molecule has 1 saturated heterocycles. The summed E-state index contributed by atoms with van der Waals surface area (Å²) in [6, 6.07) is 7.60. The van der Waals surface area contributed by atoms with Gasteiger partial charge in [0, 0.05) is 18.7 Å². The molecule has 146 valence electrons. The zero-order valence-electron chi connectivity index (χ0n) is 16.1. The second kappa shape index (κ2) is 9.17. The molecular formula is C20H28N4O2S. The molecule has 27 heavy (non-hydrogen) atoms. The highest BCUT2D eigenvalue weighted by Gasteiger charge is 2.22. The maximum atomic E-state index is 12.9. The predicted molar refractivity (Wildman–Crippen MR) is 108 cm³/mol. The van der Waals surface area contributed by atoms with E-state index in [0.717, 1.165) is 43.2 Å². The lowest BCUT2D eigenvalue weighted by molar-refractivity contribution is -0.131. The number of nitrogens with one attached hydrogen (secondary N) is 1. The first-order valence-electron chi connectivity index (χ1n) is 9.69. The van der Waals surface area contributed by atoms with E-state index in [-0.39, 0.29) is 12.5 Å². The monoisotopic (exact) mass is 388 g/mol. The van der Waals surface area contributed by atoms with Crippen molar-refractivity contribution in [3.63, 3.8) is 0 Å². The number of likely N-dealkylation sites (tertiary alicyclic amines) is 1. The number of carbonyl (C=O) groups excluding carboxylic acids is 1. The highest BCUT2D eigenvalue weighted by molar-refractivity contribution is 7.71. The quantitative estimate of drug-likeness (QED) is 0.759. The van der Waals surface area contributed by atoms with Gasteiger partial charge in [-0.2, -0.15) is 5.10 Å². The van der Waals surface area contributed by atoms with E-state index in [1.54, 1.807) is 11.7 Å². The number of methoxy groups -OCH3 is 1. The summed E-state index contributed by atoms with van der Waals surface area (Å²) in [7, 11) is 1.63. The molecule has 3 rings (SSSR count). The number of carbonyl (C=O) groups is 1. The van der Waals surface area contributed by atoms with E-state index in [4.69, 9.17) is 17.0 Å². The third-order valence-electron chi connectivity index (χ3n) is 5.30. The van der Waals surface area contributed by atoms with Crippen LogP contribution in [0.2, 0.25) is 0 Å². The smallest absolute Gasteiger partial charge is 0.242 e. The molecule has 0 radical (unpaired) electrons. The second-order valence-electron chi connectivity index (χ2n) is 7.13. The van der Waals surface area contributed by atoms with Gasteiger partial charge in [0.25, 0.3) is 0 Å². The fourth-order valence-corrected chi connectivity index (χ4v) is 3.97. The summed E-state index contributed by atoms with van der Waals surface area (Å²) < 4.78 is 7.46. The number of H-pyrrole nitrogens is 1. The third-order valence-corrected chi connectivity index (χ3v) is 5.61. The molecule has 1 unspecified atom stereocenters. The molecular weight excluding hydrogens is 360 g/mol. The maximum Gasteiger partial charge on any atom is 0.242 e. The lowest BCUT2D eigenvalue weighted by Crippen LogP contribution is -2.35. The molecule has 6 nitrogen and oxygen atoms in total. The average Bonchev–Trinajstić information content (AvgIpc) is 2.89. The Bertz CT molecular complexity index is 812. The summed E-state index contributed by atoms with van der Waals surface area (Å²) in [5.41, 5.74) is 0.898. The molecule has 1 fully saturated rings. The minimum atomic E-state index is 0.111. The average molecular weight is 389 g/mol. The first-order valence-corrected chi connectivity index (χ1v) is 10.1. The summed E-state index contributed by atoms with van der Waals surface area (Å²) in [6.45, 7) is 4.12. The Morgan fingerprint density at radius 3 is 2.78 bits per heavy atom. The van der Waals surface area contributed by atoms with Gasteiger partial charge in [-0.05, 0) is 61.7 Å². The van der Waals surface area contributed by atoms with Crippen molar-refractivity contribution in [1.29, 1.82) is 0 Å². The van der Waals surface area contributed by atoms with E-state index >= 15 is 0 Å². The minimum Gasteiger partial charge on any atom is -0.497 e. The molecule has 2 heterocycles. The normalized spacial score (nSPS) is 17.6. The van der Waals surface area contributed by atoms with E-state index in [2.05, 4.69) is 17.1 Å². The van der Waals surface area contributed by atoms with Crippen LogP contribution in [0, 0.1) is 10.7 Å². The number of amides is 1. The number of benzene rings is 1. The van der Waals surface area contributed by atoms with Gasteiger partial charge in [0.1, 0.15) is 12.3 Å². The number of aromatic amines is 1. The van der Waals surface area contributed by atoms with Crippen molar-refractivity contribution < 1.29 is 9.53 Å². The number of hydrogen-bond acceptors (Lipinski definition) is 4. The Morgan fingerprint density at radius 2 is 2.07 bits per heavy atom. The van der Waals surface area contributed by atoms with Crippen molar-refractivity contribution in [2.45, 2.75) is 45.6 Å². The Labute approximate surface area is 165 Å². The number of aromatic nitrogens is 3. The molecule has 2 aromatic rings. The van der Waals surface area contributed by atoms with Gasteiger partial charge in [-0.3, -0.25) is 14.5 Å². The van der Waals surface area contributed by atoms with Crippen LogP contribution < -0.4 is 4.74 Å². The van der Waals surface area contributed by atoms with Crippen molar-refractivity contribution in [3.8, 4) is 17.1 Å². The predicted octanol–water partition coefficient (Wildman–Crippen LogP) is 4.05. The van der Waals surface area contributed by atoms with Crippen LogP contribution in [-0.4, -0.2) is 45.8 Å². The number of rotatable bonds is 6. The van der Waals surface area contributed by atoms with Crippen LogP contribution >= 0.6 is 12.2 Å². The molecule has 1 aromatic heterocycles. The van der Waals surface area contributed by atoms with Gasteiger partial charge in [-0.15, -0.1) is 0 Å². The highest BCUT2D eigenvalue weighted by Crippen LogP contribution is 2.23. The molecule has 0 spiro atoms. The van der Waals surface area contributed by atoms with Crippen LogP contribution in [0.15, 0.2) is 24.3 Å². The Kier molecular flexibility index (Phi) is 6.66. The highest BCUT2D eigenvalue weighted by atomic mass is 32.1. The van der Waals surface area contributed by atoms with Crippen LogP contribution in [0.4, 0.5) is 0 Å². The second-order valence-corrected chi connectivity index (χ2v) is 7.52. The van der Waals surface area contributed by atoms with Crippen LogP contribution in [-0.2, 0) is 11.3 Å². The number of ether oxygens (including phenoxy) is 1. The van der Waals surface area contributed by atoms with Crippen LogP contribution in [0.25, 0.3) is 11.4 Å². The fourth-order valence-electron chi connectivity index (χ4n) is 3.77. The van der Waals surface area contributed by atoms with Gasteiger partial charge in [0.2, 0.25) is 5.91 Å². The Hall–Kier alpha value is -2.15. The van der Waals surface area contributed by atoms with Gasteiger partial charge < -0.3 is 9.64 Å². The Morgan fingerprint density at radius 1 is 1.30 bits per heavy atom. The van der Waals surface area contributed by atoms with E-state index in [9.17, 15) is 4.79 Å². The summed E-state index contributed by atoms with van der Waals surface area (Å²) >= 11 is 5.37. The van der Waals surface area contributed by atoms with Crippen molar-refractivity contribution >= 4 is 18.1 Å². The molecule has 0 saturated carbocycles. The summed E-state index contributed by atoms with van der Waals surface area (Å²) in [5.74, 6) is 2.31. The van der Waals surface area contributed by atoms with Gasteiger partial charge in [0.15, 0.2) is 10.6 Å². The van der Waals surface area contributed by atoms with Gasteiger partial charge in [0.05, 0.1) is 7.11 Å². The molecule has 1 aromatic carbocycles. The third kappa shape index (κ3) is 4.77. The molecule has 1 amide bonds. The first-order chi connectivity index (χ1) is 13.1. The van der Waals surface area contributed by atoms with Crippen molar-refractivity contribution in [2.75, 3.05) is 20.2 Å². The fraction of sp³-hybridized carbons (Fsp3) is 0.550. The standard InChI is InChI=1S/C20H28N4O2S/c1-3-5-15-6-4-12-23(13-11-15)18(25)14-24-19(21-22-20(24)27)16-7-9-17(26-2)10-8-16/h7-10,15H,3-6,11-14H2,1-2H3,(H,22,27). The van der Waals surface area contributed by atoms with Gasteiger partial charge >= 0.3 is 0 Å². The van der Waals surface area contributed by atoms with E-state index < -0.39 is 0 Å². The Balaban J connectivity index is 1.72.